The molecule has 102 valence electrons. The zero-order valence-corrected chi connectivity index (χ0v) is 11.9. The molecular formula is C15H15N3OS. The van der Waals surface area contributed by atoms with E-state index in [1.54, 1.807) is 6.20 Å². The fourth-order valence-corrected chi connectivity index (χ4v) is 2.83. The molecule has 5 heteroatoms. The zero-order valence-electron chi connectivity index (χ0n) is 11.1. The largest absolute Gasteiger partial charge is 0.431 e. The van der Waals surface area contributed by atoms with Gasteiger partial charge in [0.15, 0.2) is 5.58 Å². The normalized spacial score (nSPS) is 12.7. The van der Waals surface area contributed by atoms with Gasteiger partial charge in [0.25, 0.3) is 5.22 Å². The Kier molecular flexibility index (Phi) is 3.71. The number of pyridine rings is 1. The van der Waals surface area contributed by atoms with Crippen LogP contribution in [0, 0.1) is 0 Å². The molecule has 2 aromatic heterocycles. The first-order valence-electron chi connectivity index (χ1n) is 6.45. The van der Waals surface area contributed by atoms with Crippen LogP contribution in [-0.2, 0) is 6.42 Å². The van der Waals surface area contributed by atoms with Crippen LogP contribution in [0.25, 0.3) is 11.1 Å². The number of rotatable bonds is 4. The van der Waals surface area contributed by atoms with Crippen LogP contribution >= 0.6 is 11.8 Å². The van der Waals surface area contributed by atoms with Gasteiger partial charge in [-0.1, -0.05) is 18.2 Å². The summed E-state index contributed by atoms with van der Waals surface area (Å²) >= 11 is 1.44. The summed E-state index contributed by atoms with van der Waals surface area (Å²) in [5.74, 6) is 0. The molecule has 0 fully saturated rings. The summed E-state index contributed by atoms with van der Waals surface area (Å²) in [6.07, 6.45) is 2.56. The lowest BCUT2D eigenvalue weighted by molar-refractivity contribution is 0.489. The molecule has 3 rings (SSSR count). The molecule has 1 unspecified atom stereocenters. The number of para-hydroxylation sites is 2. The van der Waals surface area contributed by atoms with Crippen LogP contribution < -0.4 is 5.73 Å². The third-order valence-electron chi connectivity index (χ3n) is 2.85. The van der Waals surface area contributed by atoms with Crippen LogP contribution in [0.3, 0.4) is 0 Å². The monoisotopic (exact) mass is 285 g/mol. The standard InChI is InChI=1S/C15H15N3OS/c1-10(16)9-11-5-4-8-17-14(11)20-15-18-12-6-2-3-7-13(12)19-15/h2-8,10H,9,16H2,1H3. The van der Waals surface area contributed by atoms with Crippen molar-refractivity contribution in [3.8, 4) is 0 Å². The average molecular weight is 285 g/mol. The van der Waals surface area contributed by atoms with Crippen LogP contribution in [-0.4, -0.2) is 16.0 Å². The summed E-state index contributed by atoms with van der Waals surface area (Å²) < 4.78 is 5.71. The van der Waals surface area contributed by atoms with Crippen LogP contribution in [0.4, 0.5) is 0 Å². The van der Waals surface area contributed by atoms with Crippen LogP contribution in [0.15, 0.2) is 57.3 Å². The first-order chi connectivity index (χ1) is 9.72. The highest BCUT2D eigenvalue weighted by molar-refractivity contribution is 7.99. The second-order valence-corrected chi connectivity index (χ2v) is 5.64. The molecule has 0 saturated carbocycles. The van der Waals surface area contributed by atoms with Gasteiger partial charge in [-0.05, 0) is 48.9 Å². The molecule has 2 N–H and O–H groups in total. The van der Waals surface area contributed by atoms with Crippen molar-refractivity contribution in [2.24, 2.45) is 5.73 Å². The molecule has 0 radical (unpaired) electrons. The second-order valence-electron chi connectivity index (χ2n) is 4.70. The quantitative estimate of drug-likeness (QED) is 0.797. The van der Waals surface area contributed by atoms with E-state index in [2.05, 4.69) is 9.97 Å². The van der Waals surface area contributed by atoms with Gasteiger partial charge in [0.1, 0.15) is 10.5 Å². The number of oxazole rings is 1. The minimum atomic E-state index is 0.0992. The average Bonchev–Trinajstić information content (AvgIpc) is 2.82. The van der Waals surface area contributed by atoms with E-state index in [1.807, 2.05) is 43.3 Å². The maximum absolute atomic E-state index is 5.87. The van der Waals surface area contributed by atoms with E-state index in [0.717, 1.165) is 28.1 Å². The predicted molar refractivity (Wildman–Crippen MR) is 79.7 cm³/mol. The van der Waals surface area contributed by atoms with Crippen molar-refractivity contribution in [1.82, 2.24) is 9.97 Å². The van der Waals surface area contributed by atoms with E-state index in [0.29, 0.717) is 5.22 Å². The first-order valence-corrected chi connectivity index (χ1v) is 7.27. The van der Waals surface area contributed by atoms with Crippen molar-refractivity contribution in [2.45, 2.75) is 29.6 Å². The van der Waals surface area contributed by atoms with Gasteiger partial charge in [0, 0.05) is 12.2 Å². The lowest BCUT2D eigenvalue weighted by atomic mass is 10.1. The van der Waals surface area contributed by atoms with E-state index < -0.39 is 0 Å². The smallest absolute Gasteiger partial charge is 0.263 e. The number of fused-ring (bicyclic) bond motifs is 1. The highest BCUT2D eigenvalue weighted by Crippen LogP contribution is 2.30. The van der Waals surface area contributed by atoms with Gasteiger partial charge in [-0.2, -0.15) is 0 Å². The van der Waals surface area contributed by atoms with E-state index in [9.17, 15) is 0 Å². The summed E-state index contributed by atoms with van der Waals surface area (Å²) in [6, 6.07) is 11.8. The molecule has 4 nitrogen and oxygen atoms in total. The Morgan fingerprint density at radius 3 is 2.90 bits per heavy atom. The van der Waals surface area contributed by atoms with E-state index in [4.69, 9.17) is 10.2 Å². The molecule has 0 aliphatic rings. The number of hydrogen-bond acceptors (Lipinski definition) is 5. The summed E-state index contributed by atoms with van der Waals surface area (Å²) in [6.45, 7) is 1.99. The molecule has 20 heavy (non-hydrogen) atoms. The van der Waals surface area contributed by atoms with Gasteiger partial charge in [-0.25, -0.2) is 9.97 Å². The van der Waals surface area contributed by atoms with Crippen molar-refractivity contribution < 1.29 is 4.42 Å². The van der Waals surface area contributed by atoms with Gasteiger partial charge < -0.3 is 10.2 Å². The molecule has 1 aromatic carbocycles. The van der Waals surface area contributed by atoms with Crippen LogP contribution in [0.5, 0.6) is 0 Å². The van der Waals surface area contributed by atoms with Gasteiger partial charge in [0.2, 0.25) is 0 Å². The minimum Gasteiger partial charge on any atom is -0.431 e. The lowest BCUT2D eigenvalue weighted by Gasteiger charge is -2.08. The number of nitrogens with two attached hydrogens (primary N) is 1. The Morgan fingerprint density at radius 1 is 1.25 bits per heavy atom. The molecular weight excluding hydrogens is 270 g/mol. The highest BCUT2D eigenvalue weighted by atomic mass is 32.2. The Hall–Kier alpha value is -1.85. The molecule has 0 bridgehead atoms. The van der Waals surface area contributed by atoms with Crippen molar-refractivity contribution in [2.75, 3.05) is 0 Å². The third kappa shape index (κ3) is 2.84. The van der Waals surface area contributed by atoms with E-state index in [-0.39, 0.29) is 6.04 Å². The Bertz CT molecular complexity index is 691. The van der Waals surface area contributed by atoms with E-state index >= 15 is 0 Å². The molecule has 0 spiro atoms. The maximum atomic E-state index is 5.87. The molecule has 2 heterocycles. The van der Waals surface area contributed by atoms with Gasteiger partial charge in [-0.15, -0.1) is 0 Å². The summed E-state index contributed by atoms with van der Waals surface area (Å²) in [5, 5.41) is 1.51. The van der Waals surface area contributed by atoms with Crippen LogP contribution in [0.2, 0.25) is 0 Å². The van der Waals surface area contributed by atoms with E-state index in [1.165, 1.54) is 11.8 Å². The number of benzene rings is 1. The summed E-state index contributed by atoms with van der Waals surface area (Å²) in [4.78, 5) is 8.86. The highest BCUT2D eigenvalue weighted by Gasteiger charge is 2.12. The summed E-state index contributed by atoms with van der Waals surface area (Å²) in [7, 11) is 0. The zero-order chi connectivity index (χ0) is 13.9. The van der Waals surface area contributed by atoms with Gasteiger partial charge >= 0.3 is 0 Å². The van der Waals surface area contributed by atoms with Crippen molar-refractivity contribution in [3.63, 3.8) is 0 Å². The molecule has 0 aliphatic carbocycles. The Labute approximate surface area is 121 Å². The number of aromatic nitrogens is 2. The van der Waals surface area contributed by atoms with Crippen molar-refractivity contribution >= 4 is 22.9 Å². The second kappa shape index (κ2) is 5.64. The minimum absolute atomic E-state index is 0.0992. The van der Waals surface area contributed by atoms with Crippen molar-refractivity contribution in [1.29, 1.82) is 0 Å². The molecule has 0 amide bonds. The molecule has 1 atom stereocenters. The molecule has 0 aliphatic heterocycles. The maximum Gasteiger partial charge on any atom is 0.263 e. The third-order valence-corrected chi connectivity index (χ3v) is 3.76. The van der Waals surface area contributed by atoms with Gasteiger partial charge in [0.05, 0.1) is 0 Å². The number of hydrogen-bond donors (Lipinski definition) is 1. The first kappa shape index (κ1) is 13.1. The number of nitrogens with zero attached hydrogens (tertiary/aromatic N) is 2. The Balaban J connectivity index is 1.90. The van der Waals surface area contributed by atoms with Gasteiger partial charge in [-0.3, -0.25) is 0 Å². The fourth-order valence-electron chi connectivity index (χ4n) is 2.00. The van der Waals surface area contributed by atoms with Crippen LogP contribution in [0.1, 0.15) is 12.5 Å². The topological polar surface area (TPSA) is 64.9 Å². The Morgan fingerprint density at radius 2 is 2.10 bits per heavy atom. The van der Waals surface area contributed by atoms with Crippen molar-refractivity contribution in [3.05, 3.63) is 48.2 Å². The molecule has 3 aromatic rings. The lowest BCUT2D eigenvalue weighted by Crippen LogP contribution is -2.18. The molecule has 0 saturated heterocycles. The predicted octanol–water partition coefficient (Wildman–Crippen LogP) is 3.26. The fraction of sp³-hybridized carbons (Fsp3) is 0.200. The summed E-state index contributed by atoms with van der Waals surface area (Å²) in [5.41, 5.74) is 8.64. The SMILES string of the molecule is CC(N)Cc1cccnc1Sc1nc2ccccc2o1.